The van der Waals surface area contributed by atoms with Crippen LogP contribution in [0.2, 0.25) is 0 Å². The maximum atomic E-state index is 11.5. The van der Waals surface area contributed by atoms with Crippen LogP contribution in [0, 0.1) is 0 Å². The largest absolute Gasteiger partial charge is 0.354 e. The molecule has 2 N–H and O–H groups in total. The van der Waals surface area contributed by atoms with Gasteiger partial charge in [-0.25, -0.2) is 4.68 Å². The van der Waals surface area contributed by atoms with Crippen LogP contribution in [-0.2, 0) is 16.1 Å². The van der Waals surface area contributed by atoms with Gasteiger partial charge in [-0.3, -0.25) is 9.59 Å². The number of hydrogen-bond donors (Lipinski definition) is 2. The summed E-state index contributed by atoms with van der Waals surface area (Å²) in [6, 6.07) is 0.0220. The smallest absolute Gasteiger partial charge is 0.242 e. The van der Waals surface area contributed by atoms with Crippen molar-refractivity contribution in [2.45, 2.75) is 25.4 Å². The lowest BCUT2D eigenvalue weighted by Gasteiger charge is -2.23. The van der Waals surface area contributed by atoms with Crippen molar-refractivity contribution in [2.24, 2.45) is 0 Å². The van der Waals surface area contributed by atoms with Crippen molar-refractivity contribution < 1.29 is 9.59 Å². The van der Waals surface area contributed by atoms with Gasteiger partial charge in [-0.05, 0) is 6.42 Å². The van der Waals surface area contributed by atoms with Crippen molar-refractivity contribution in [3.63, 3.8) is 0 Å². The summed E-state index contributed by atoms with van der Waals surface area (Å²) in [6.07, 6.45) is 4.31. The predicted molar refractivity (Wildman–Crippen MR) is 54.2 cm³/mol. The molecule has 0 aliphatic carbocycles. The summed E-state index contributed by atoms with van der Waals surface area (Å²) >= 11 is 0. The molecule has 0 spiro atoms. The molecule has 86 valence electrons. The zero-order chi connectivity index (χ0) is 11.4. The molecule has 0 saturated carbocycles. The standard InChI is InChI=1S/C9H13N5O2/c15-8-2-1-7(5-10-8)12-9(16)6-14-4-3-11-13-14/h3-4,7H,1-2,5-6H2,(H,10,15)(H,12,16). The Morgan fingerprint density at radius 3 is 3.19 bits per heavy atom. The minimum atomic E-state index is -0.119. The number of carbonyl (C=O) groups is 2. The van der Waals surface area contributed by atoms with Crippen molar-refractivity contribution in [3.05, 3.63) is 12.4 Å². The Morgan fingerprint density at radius 2 is 2.56 bits per heavy atom. The van der Waals surface area contributed by atoms with E-state index in [1.807, 2.05) is 0 Å². The molecule has 2 rings (SSSR count). The molecule has 0 bridgehead atoms. The van der Waals surface area contributed by atoms with E-state index in [1.54, 1.807) is 6.20 Å². The minimum absolute atomic E-state index is 0.0220. The molecule has 1 atom stereocenters. The van der Waals surface area contributed by atoms with Crippen molar-refractivity contribution >= 4 is 11.8 Å². The second kappa shape index (κ2) is 4.73. The average Bonchev–Trinajstić information content (AvgIpc) is 2.74. The lowest BCUT2D eigenvalue weighted by molar-refractivity contribution is -0.126. The minimum Gasteiger partial charge on any atom is -0.354 e. The lowest BCUT2D eigenvalue weighted by atomic mass is 10.1. The summed E-state index contributed by atoms with van der Waals surface area (Å²) in [5.74, 6) is -0.0755. The molecule has 1 aromatic heterocycles. The van der Waals surface area contributed by atoms with Crippen LogP contribution in [0.5, 0.6) is 0 Å². The maximum Gasteiger partial charge on any atom is 0.242 e. The Bertz CT molecular complexity index is 365. The second-order valence-electron chi connectivity index (χ2n) is 3.71. The maximum absolute atomic E-state index is 11.5. The van der Waals surface area contributed by atoms with Gasteiger partial charge < -0.3 is 10.6 Å². The van der Waals surface area contributed by atoms with Crippen molar-refractivity contribution in [2.75, 3.05) is 6.54 Å². The first-order chi connectivity index (χ1) is 7.74. The Hall–Kier alpha value is -1.92. The van der Waals surface area contributed by atoms with E-state index in [4.69, 9.17) is 0 Å². The fourth-order valence-electron chi connectivity index (χ4n) is 1.59. The normalized spacial score (nSPS) is 20.2. The highest BCUT2D eigenvalue weighted by atomic mass is 16.2. The molecule has 1 saturated heterocycles. The Balaban J connectivity index is 1.77. The molecule has 1 fully saturated rings. The molecule has 16 heavy (non-hydrogen) atoms. The van der Waals surface area contributed by atoms with Crippen LogP contribution in [0.1, 0.15) is 12.8 Å². The van der Waals surface area contributed by atoms with Crippen LogP contribution in [-0.4, -0.2) is 39.4 Å². The summed E-state index contributed by atoms with van der Waals surface area (Å²) in [5.41, 5.74) is 0. The molecule has 1 aliphatic heterocycles. The van der Waals surface area contributed by atoms with E-state index in [1.165, 1.54) is 10.9 Å². The van der Waals surface area contributed by atoms with Crippen LogP contribution in [0.15, 0.2) is 12.4 Å². The molecule has 1 unspecified atom stereocenters. The van der Waals surface area contributed by atoms with Gasteiger partial charge >= 0.3 is 0 Å². The Kier molecular flexibility index (Phi) is 3.13. The summed E-state index contributed by atoms with van der Waals surface area (Å²) in [4.78, 5) is 22.5. The van der Waals surface area contributed by atoms with Gasteiger partial charge in [0.05, 0.1) is 6.20 Å². The third-order valence-corrected chi connectivity index (χ3v) is 2.41. The third-order valence-electron chi connectivity index (χ3n) is 2.41. The topological polar surface area (TPSA) is 88.9 Å². The van der Waals surface area contributed by atoms with E-state index in [9.17, 15) is 9.59 Å². The lowest BCUT2D eigenvalue weighted by Crippen LogP contribution is -2.48. The fourth-order valence-corrected chi connectivity index (χ4v) is 1.59. The monoisotopic (exact) mass is 223 g/mol. The van der Waals surface area contributed by atoms with E-state index >= 15 is 0 Å². The summed E-state index contributed by atoms with van der Waals surface area (Å²) in [5, 5.41) is 12.8. The average molecular weight is 223 g/mol. The van der Waals surface area contributed by atoms with Crippen molar-refractivity contribution in [3.8, 4) is 0 Å². The zero-order valence-electron chi connectivity index (χ0n) is 8.72. The second-order valence-corrected chi connectivity index (χ2v) is 3.71. The van der Waals surface area contributed by atoms with E-state index in [0.29, 0.717) is 19.4 Å². The van der Waals surface area contributed by atoms with Gasteiger partial charge in [0.1, 0.15) is 6.54 Å². The van der Waals surface area contributed by atoms with Gasteiger partial charge in [-0.1, -0.05) is 5.21 Å². The van der Waals surface area contributed by atoms with Gasteiger partial charge in [-0.15, -0.1) is 5.10 Å². The van der Waals surface area contributed by atoms with E-state index in [-0.39, 0.29) is 24.4 Å². The number of rotatable bonds is 3. The van der Waals surface area contributed by atoms with Crippen LogP contribution >= 0.6 is 0 Å². The number of nitrogens with one attached hydrogen (secondary N) is 2. The van der Waals surface area contributed by atoms with E-state index in [2.05, 4.69) is 20.9 Å². The summed E-state index contributed by atoms with van der Waals surface area (Å²) in [7, 11) is 0. The molecule has 1 aromatic rings. The van der Waals surface area contributed by atoms with Crippen LogP contribution in [0.4, 0.5) is 0 Å². The number of aromatic nitrogens is 3. The Morgan fingerprint density at radius 1 is 1.69 bits per heavy atom. The van der Waals surface area contributed by atoms with Gasteiger partial charge in [0.15, 0.2) is 0 Å². The molecule has 7 heteroatoms. The van der Waals surface area contributed by atoms with Crippen LogP contribution < -0.4 is 10.6 Å². The highest BCUT2D eigenvalue weighted by molar-refractivity contribution is 5.78. The van der Waals surface area contributed by atoms with Crippen molar-refractivity contribution in [1.29, 1.82) is 0 Å². The van der Waals surface area contributed by atoms with E-state index < -0.39 is 0 Å². The molecule has 0 aromatic carbocycles. The van der Waals surface area contributed by atoms with Gasteiger partial charge in [0.2, 0.25) is 11.8 Å². The first-order valence-corrected chi connectivity index (χ1v) is 5.14. The zero-order valence-corrected chi connectivity index (χ0v) is 8.72. The molecule has 0 radical (unpaired) electrons. The first-order valence-electron chi connectivity index (χ1n) is 5.14. The fraction of sp³-hybridized carbons (Fsp3) is 0.556. The highest BCUT2D eigenvalue weighted by Crippen LogP contribution is 2.02. The van der Waals surface area contributed by atoms with Gasteiger partial charge in [0, 0.05) is 25.2 Å². The molecule has 2 amide bonds. The molecule has 1 aliphatic rings. The highest BCUT2D eigenvalue weighted by Gasteiger charge is 2.19. The summed E-state index contributed by atoms with van der Waals surface area (Å²) < 4.78 is 1.46. The number of nitrogens with zero attached hydrogens (tertiary/aromatic N) is 3. The Labute approximate surface area is 92.2 Å². The molecule has 2 heterocycles. The first kappa shape index (κ1) is 10.6. The third kappa shape index (κ3) is 2.78. The van der Waals surface area contributed by atoms with Gasteiger partial charge in [-0.2, -0.15) is 0 Å². The van der Waals surface area contributed by atoms with Crippen LogP contribution in [0.25, 0.3) is 0 Å². The molecular weight excluding hydrogens is 210 g/mol. The quantitative estimate of drug-likeness (QED) is 0.664. The van der Waals surface area contributed by atoms with Crippen molar-refractivity contribution in [1.82, 2.24) is 25.6 Å². The summed E-state index contributed by atoms with van der Waals surface area (Å²) in [6.45, 7) is 0.659. The molecule has 7 nitrogen and oxygen atoms in total. The van der Waals surface area contributed by atoms with Crippen LogP contribution in [0.3, 0.4) is 0 Å². The number of piperidine rings is 1. The van der Waals surface area contributed by atoms with Gasteiger partial charge in [0.25, 0.3) is 0 Å². The SMILES string of the molecule is O=C1CCC(NC(=O)Cn2ccnn2)CN1. The van der Waals surface area contributed by atoms with E-state index in [0.717, 1.165) is 0 Å². The number of hydrogen-bond acceptors (Lipinski definition) is 4. The number of carbonyl (C=O) groups excluding carboxylic acids is 2. The predicted octanol–water partition coefficient (Wildman–Crippen LogP) is -1.33. The molecular formula is C9H13N5O2. The number of amides is 2.